The lowest BCUT2D eigenvalue weighted by molar-refractivity contribution is -0.158. The van der Waals surface area contributed by atoms with Crippen LogP contribution in [-0.4, -0.2) is 59.1 Å². The van der Waals surface area contributed by atoms with Crippen molar-refractivity contribution in [3.05, 3.63) is 41.8 Å². The van der Waals surface area contributed by atoms with Gasteiger partial charge in [0, 0.05) is 25.2 Å². The Morgan fingerprint density at radius 1 is 1.35 bits per heavy atom. The lowest BCUT2D eigenvalue weighted by Crippen LogP contribution is -2.60. The molecule has 1 aliphatic heterocycles. The van der Waals surface area contributed by atoms with Crippen molar-refractivity contribution in [3.8, 4) is 11.8 Å². The minimum absolute atomic E-state index is 0.340. The van der Waals surface area contributed by atoms with Crippen LogP contribution < -0.4 is 16.0 Å². The molecule has 1 aromatic heterocycles. The summed E-state index contributed by atoms with van der Waals surface area (Å²) >= 11 is 0. The number of unbranched alkanes of at least 4 members (excludes halogenated alkanes) is 1. The molecule has 0 bridgehead atoms. The average molecular weight is 466 g/mol. The van der Waals surface area contributed by atoms with Crippen molar-refractivity contribution >= 4 is 31.3 Å². The van der Waals surface area contributed by atoms with Crippen molar-refractivity contribution in [2.75, 3.05) is 30.3 Å². The standard InChI is InChI=1S/C24H32BFN6O2/c1-2-13-27-21-18(17-29-23(31-21)30-20-11-8-10-19(26)16-20)9-4-3-6-14-28-22(33)24(34)12-5-7-15-32(24)25/h8,10-11,16-17,34H,2-3,5-7,12-15,25H2,1H3,(H,28,33)(H2,27,29,30,31)/t24-/m1/s1. The second kappa shape index (κ2) is 12.3. The van der Waals surface area contributed by atoms with Gasteiger partial charge in [-0.3, -0.25) is 4.79 Å². The van der Waals surface area contributed by atoms with Crippen LogP contribution in [0.15, 0.2) is 30.5 Å². The fraction of sp³-hybridized carbons (Fsp3) is 0.458. The molecule has 3 rings (SSSR count). The molecule has 1 fully saturated rings. The number of benzene rings is 1. The van der Waals surface area contributed by atoms with E-state index in [4.69, 9.17) is 0 Å². The lowest BCUT2D eigenvalue weighted by Gasteiger charge is -2.39. The molecule has 8 nitrogen and oxygen atoms in total. The number of anilines is 3. The molecule has 1 amide bonds. The Kier molecular flexibility index (Phi) is 9.25. The molecule has 2 aromatic rings. The Balaban J connectivity index is 1.55. The number of hydrogen-bond acceptors (Lipinski definition) is 7. The highest BCUT2D eigenvalue weighted by molar-refractivity contribution is 6.07. The van der Waals surface area contributed by atoms with Crippen LogP contribution in [0.3, 0.4) is 0 Å². The van der Waals surface area contributed by atoms with Crippen molar-refractivity contribution in [1.82, 2.24) is 20.1 Å². The molecule has 1 aliphatic rings. The largest absolute Gasteiger partial charge is 0.369 e. The summed E-state index contributed by atoms with van der Waals surface area (Å²) in [6.07, 6.45) is 6.07. The van der Waals surface area contributed by atoms with Crippen molar-refractivity contribution in [2.45, 2.75) is 51.2 Å². The molecule has 4 N–H and O–H groups in total. The molecule has 0 radical (unpaired) electrons. The summed E-state index contributed by atoms with van der Waals surface area (Å²) in [6, 6.07) is 6.10. The number of halogens is 1. The van der Waals surface area contributed by atoms with Crippen molar-refractivity contribution < 1.29 is 14.3 Å². The van der Waals surface area contributed by atoms with Crippen molar-refractivity contribution in [2.24, 2.45) is 0 Å². The molecular weight excluding hydrogens is 434 g/mol. The van der Waals surface area contributed by atoms with E-state index in [1.807, 2.05) is 0 Å². The number of nitrogens with zero attached hydrogens (tertiary/aromatic N) is 3. The van der Waals surface area contributed by atoms with Gasteiger partial charge >= 0.3 is 0 Å². The predicted molar refractivity (Wildman–Crippen MR) is 134 cm³/mol. The number of aliphatic hydroxyl groups is 1. The van der Waals surface area contributed by atoms with Crippen LogP contribution in [0.25, 0.3) is 0 Å². The summed E-state index contributed by atoms with van der Waals surface area (Å²) in [4.78, 5) is 22.9. The number of hydrogen-bond donors (Lipinski definition) is 4. The minimum atomic E-state index is -1.41. The van der Waals surface area contributed by atoms with Crippen LogP contribution in [0.5, 0.6) is 0 Å². The molecule has 1 aromatic carbocycles. The third kappa shape index (κ3) is 6.92. The SMILES string of the molecule is BN1CCCC[C@@]1(O)C(=O)NCCCC#Cc1cnc(Nc2cccc(F)c2)nc1NCCC. The summed E-state index contributed by atoms with van der Waals surface area (Å²) in [5.74, 6) is 6.47. The first kappa shape index (κ1) is 25.5. The molecule has 0 spiro atoms. The molecule has 1 saturated heterocycles. The summed E-state index contributed by atoms with van der Waals surface area (Å²) in [7, 11) is 1.77. The molecule has 34 heavy (non-hydrogen) atoms. The second-order valence-electron chi connectivity index (χ2n) is 8.37. The van der Waals surface area contributed by atoms with Gasteiger partial charge in [0.25, 0.3) is 5.91 Å². The van der Waals surface area contributed by atoms with E-state index < -0.39 is 5.72 Å². The molecule has 1 atom stereocenters. The number of aromatic nitrogens is 2. The average Bonchev–Trinajstić information content (AvgIpc) is 2.82. The van der Waals surface area contributed by atoms with E-state index in [1.165, 1.54) is 12.1 Å². The number of rotatable bonds is 9. The third-order valence-electron chi connectivity index (χ3n) is 5.66. The fourth-order valence-electron chi connectivity index (χ4n) is 3.67. The van der Waals surface area contributed by atoms with Gasteiger partial charge in [0.05, 0.1) is 11.8 Å². The van der Waals surface area contributed by atoms with Gasteiger partial charge in [0.1, 0.15) is 11.6 Å². The van der Waals surface area contributed by atoms with E-state index in [9.17, 15) is 14.3 Å². The van der Waals surface area contributed by atoms with Gasteiger partial charge in [-0.15, -0.1) is 0 Å². The van der Waals surface area contributed by atoms with Crippen molar-refractivity contribution in [3.63, 3.8) is 0 Å². The highest BCUT2D eigenvalue weighted by Crippen LogP contribution is 2.24. The molecule has 2 heterocycles. The zero-order valence-corrected chi connectivity index (χ0v) is 19.8. The summed E-state index contributed by atoms with van der Waals surface area (Å²) < 4.78 is 13.4. The van der Waals surface area contributed by atoms with Crippen LogP contribution >= 0.6 is 0 Å². The van der Waals surface area contributed by atoms with Gasteiger partial charge < -0.3 is 25.9 Å². The van der Waals surface area contributed by atoms with Gasteiger partial charge in [0.2, 0.25) is 5.95 Å². The number of carbonyl (C=O) groups excluding carboxylic acids is 1. The summed E-state index contributed by atoms with van der Waals surface area (Å²) in [6.45, 7) is 3.94. The fourth-order valence-corrected chi connectivity index (χ4v) is 3.67. The Bertz CT molecular complexity index is 1040. The maximum atomic E-state index is 13.4. The van der Waals surface area contributed by atoms with Gasteiger partial charge in [-0.05, 0) is 56.8 Å². The zero-order chi connectivity index (χ0) is 24.4. The van der Waals surface area contributed by atoms with E-state index in [0.717, 1.165) is 25.8 Å². The first-order chi connectivity index (χ1) is 16.4. The van der Waals surface area contributed by atoms with Gasteiger partial charge in [-0.25, -0.2) is 9.37 Å². The molecule has 10 heteroatoms. The zero-order valence-electron chi connectivity index (χ0n) is 19.8. The maximum Gasteiger partial charge on any atom is 0.266 e. The normalized spacial score (nSPS) is 18.0. The van der Waals surface area contributed by atoms with Crippen LogP contribution in [0, 0.1) is 17.7 Å². The van der Waals surface area contributed by atoms with Gasteiger partial charge in [-0.1, -0.05) is 24.8 Å². The lowest BCUT2D eigenvalue weighted by atomic mass is 9.94. The first-order valence-electron chi connectivity index (χ1n) is 11.8. The Morgan fingerprint density at radius 2 is 2.21 bits per heavy atom. The van der Waals surface area contributed by atoms with Crippen LogP contribution in [0.2, 0.25) is 0 Å². The summed E-state index contributed by atoms with van der Waals surface area (Å²) in [5.41, 5.74) is -0.186. The quantitative estimate of drug-likeness (QED) is 0.255. The maximum absolute atomic E-state index is 13.4. The van der Waals surface area contributed by atoms with Crippen LogP contribution in [-0.2, 0) is 4.79 Å². The molecule has 0 saturated carbocycles. The van der Waals surface area contributed by atoms with E-state index in [2.05, 4.69) is 44.7 Å². The molecular formula is C24H32BFN6O2. The van der Waals surface area contributed by atoms with Gasteiger partial charge in [0.15, 0.2) is 13.7 Å². The smallest absolute Gasteiger partial charge is 0.266 e. The minimum Gasteiger partial charge on any atom is -0.369 e. The molecule has 180 valence electrons. The van der Waals surface area contributed by atoms with E-state index in [1.54, 1.807) is 31.1 Å². The van der Waals surface area contributed by atoms with Crippen LogP contribution in [0.4, 0.5) is 21.8 Å². The molecule has 0 unspecified atom stereocenters. The summed E-state index contributed by atoms with van der Waals surface area (Å²) in [5, 5.41) is 19.7. The first-order valence-corrected chi connectivity index (χ1v) is 11.8. The Labute approximate surface area is 201 Å². The predicted octanol–water partition coefficient (Wildman–Crippen LogP) is 2.15. The topological polar surface area (TPSA) is 102 Å². The van der Waals surface area contributed by atoms with E-state index in [-0.39, 0.29) is 11.7 Å². The van der Waals surface area contributed by atoms with Gasteiger partial charge in [-0.2, -0.15) is 4.98 Å². The van der Waals surface area contributed by atoms with Crippen LogP contribution in [0.1, 0.15) is 51.0 Å². The number of nitrogens with one attached hydrogen (secondary N) is 3. The highest BCUT2D eigenvalue weighted by Gasteiger charge is 2.40. The third-order valence-corrected chi connectivity index (χ3v) is 5.66. The highest BCUT2D eigenvalue weighted by atomic mass is 19.1. The molecule has 0 aliphatic carbocycles. The monoisotopic (exact) mass is 466 g/mol. The van der Waals surface area contributed by atoms with E-state index >= 15 is 0 Å². The Hall–Kier alpha value is -3.16. The number of piperidine rings is 1. The number of amides is 1. The van der Waals surface area contributed by atoms with Crippen molar-refractivity contribution in [1.29, 1.82) is 0 Å². The van der Waals surface area contributed by atoms with E-state index in [0.29, 0.717) is 55.4 Å². The Morgan fingerprint density at radius 3 is 2.97 bits per heavy atom. The second-order valence-corrected chi connectivity index (χ2v) is 8.37. The number of carbonyl (C=O) groups is 1.